The van der Waals surface area contributed by atoms with Crippen LogP contribution in [0.3, 0.4) is 0 Å². The van der Waals surface area contributed by atoms with Gasteiger partial charge in [-0.2, -0.15) is 0 Å². The molecule has 4 heteroatoms. The molecule has 2 rings (SSSR count). The van der Waals surface area contributed by atoms with E-state index in [1.165, 1.54) is 6.08 Å². The predicted octanol–water partition coefficient (Wildman–Crippen LogP) is 2.59. The molecule has 0 saturated carbocycles. The van der Waals surface area contributed by atoms with Gasteiger partial charge in [0.1, 0.15) is 6.61 Å². The van der Waals surface area contributed by atoms with Crippen molar-refractivity contribution in [3.63, 3.8) is 0 Å². The number of amides is 1. The number of alkyl carbamates (subject to hydrolysis) is 1. The minimum atomic E-state index is -0.451. The van der Waals surface area contributed by atoms with Gasteiger partial charge < -0.3 is 10.1 Å². The molecule has 0 radical (unpaired) electrons. The third-order valence-electron chi connectivity index (χ3n) is 2.97. The van der Waals surface area contributed by atoms with E-state index in [9.17, 15) is 9.59 Å². The molecular formula is C15H17NO3. The molecule has 0 aromatic heterocycles. The number of nitrogens with one attached hydrogen (secondary N) is 1. The Morgan fingerprint density at radius 1 is 1.32 bits per heavy atom. The van der Waals surface area contributed by atoms with E-state index in [1.54, 1.807) is 6.08 Å². The van der Waals surface area contributed by atoms with Crippen molar-refractivity contribution in [1.82, 2.24) is 5.32 Å². The number of ketones is 1. The summed E-state index contributed by atoms with van der Waals surface area (Å²) >= 11 is 0. The number of hydrogen-bond acceptors (Lipinski definition) is 3. The van der Waals surface area contributed by atoms with E-state index in [2.05, 4.69) is 5.32 Å². The number of carbonyl (C=O) groups excluding carboxylic acids is 2. The fraction of sp³-hybridized carbons (Fsp3) is 0.333. The lowest BCUT2D eigenvalue weighted by Gasteiger charge is -2.13. The van der Waals surface area contributed by atoms with Crippen LogP contribution < -0.4 is 5.32 Å². The predicted molar refractivity (Wildman–Crippen MR) is 71.5 cm³/mol. The van der Waals surface area contributed by atoms with Crippen molar-refractivity contribution in [3.8, 4) is 0 Å². The summed E-state index contributed by atoms with van der Waals surface area (Å²) in [4.78, 5) is 22.8. The standard InChI is InChI=1S/C15H17NO3/c17-14-8-4-7-13(9-10-14)16-15(18)19-11-12-5-2-1-3-6-12/h1-3,5-6,9-10,13H,4,7-8,11H2,(H,16,18)/t13-/m0/s1. The lowest BCUT2D eigenvalue weighted by molar-refractivity contribution is -0.114. The molecule has 1 aromatic rings. The Morgan fingerprint density at radius 2 is 2.11 bits per heavy atom. The lowest BCUT2D eigenvalue weighted by atomic mass is 10.1. The van der Waals surface area contributed by atoms with Crippen LogP contribution in [0.4, 0.5) is 4.79 Å². The zero-order valence-corrected chi connectivity index (χ0v) is 10.7. The highest BCUT2D eigenvalue weighted by Gasteiger charge is 2.14. The van der Waals surface area contributed by atoms with E-state index >= 15 is 0 Å². The first kappa shape index (κ1) is 13.3. The van der Waals surface area contributed by atoms with Gasteiger partial charge in [0, 0.05) is 6.42 Å². The summed E-state index contributed by atoms with van der Waals surface area (Å²) in [6.45, 7) is 0.252. The van der Waals surface area contributed by atoms with Crippen LogP contribution in [0, 0.1) is 0 Å². The second-order valence-electron chi connectivity index (χ2n) is 4.53. The van der Waals surface area contributed by atoms with Crippen molar-refractivity contribution in [1.29, 1.82) is 0 Å². The number of hydrogen-bond donors (Lipinski definition) is 1. The van der Waals surface area contributed by atoms with Crippen molar-refractivity contribution in [3.05, 3.63) is 48.0 Å². The van der Waals surface area contributed by atoms with Crippen molar-refractivity contribution >= 4 is 11.9 Å². The highest BCUT2D eigenvalue weighted by atomic mass is 16.5. The summed E-state index contributed by atoms with van der Waals surface area (Å²) in [5, 5.41) is 2.75. The molecule has 0 saturated heterocycles. The van der Waals surface area contributed by atoms with Crippen LogP contribution in [0.25, 0.3) is 0 Å². The molecule has 0 aliphatic heterocycles. The average molecular weight is 259 g/mol. The Bertz CT molecular complexity index is 468. The summed E-state index contributed by atoms with van der Waals surface area (Å²) in [5.41, 5.74) is 0.948. The molecule has 1 N–H and O–H groups in total. The third kappa shape index (κ3) is 4.58. The number of benzene rings is 1. The second kappa shape index (κ2) is 6.73. The van der Waals surface area contributed by atoms with Gasteiger partial charge in [0.25, 0.3) is 0 Å². The molecule has 1 amide bonds. The lowest BCUT2D eigenvalue weighted by Crippen LogP contribution is -2.33. The highest BCUT2D eigenvalue weighted by Crippen LogP contribution is 2.09. The van der Waals surface area contributed by atoms with Gasteiger partial charge in [-0.15, -0.1) is 0 Å². The molecule has 0 bridgehead atoms. The number of rotatable bonds is 3. The molecule has 1 atom stereocenters. The summed E-state index contributed by atoms with van der Waals surface area (Å²) in [6.07, 6.45) is 4.92. The smallest absolute Gasteiger partial charge is 0.407 e. The summed E-state index contributed by atoms with van der Waals surface area (Å²) < 4.78 is 5.13. The van der Waals surface area contributed by atoms with Gasteiger partial charge in [0.05, 0.1) is 6.04 Å². The number of ether oxygens (including phenoxy) is 1. The van der Waals surface area contributed by atoms with Crippen molar-refractivity contribution in [2.24, 2.45) is 0 Å². The van der Waals surface area contributed by atoms with Crippen LogP contribution >= 0.6 is 0 Å². The molecule has 0 fully saturated rings. The zero-order chi connectivity index (χ0) is 13.5. The average Bonchev–Trinajstić information content (AvgIpc) is 2.63. The quantitative estimate of drug-likeness (QED) is 0.907. The first-order valence-electron chi connectivity index (χ1n) is 6.42. The Hall–Kier alpha value is -2.10. The fourth-order valence-corrected chi connectivity index (χ4v) is 1.94. The van der Waals surface area contributed by atoms with Gasteiger partial charge in [-0.1, -0.05) is 36.4 Å². The van der Waals surface area contributed by atoms with Gasteiger partial charge in [-0.25, -0.2) is 4.79 Å². The SMILES string of the molecule is O=C1C=C[C@@H](NC(=O)OCc2ccccc2)CCC1. The van der Waals surface area contributed by atoms with E-state index < -0.39 is 6.09 Å². The van der Waals surface area contributed by atoms with E-state index in [4.69, 9.17) is 4.74 Å². The molecular weight excluding hydrogens is 242 g/mol. The second-order valence-corrected chi connectivity index (χ2v) is 4.53. The number of carbonyl (C=O) groups is 2. The van der Waals surface area contributed by atoms with Crippen LogP contribution in [0.2, 0.25) is 0 Å². The molecule has 19 heavy (non-hydrogen) atoms. The number of allylic oxidation sites excluding steroid dienone is 1. The molecule has 0 unspecified atom stereocenters. The van der Waals surface area contributed by atoms with Gasteiger partial charge in [-0.05, 0) is 24.5 Å². The van der Waals surface area contributed by atoms with E-state index in [0.717, 1.165) is 18.4 Å². The summed E-state index contributed by atoms with van der Waals surface area (Å²) in [5.74, 6) is 0.113. The van der Waals surface area contributed by atoms with Crippen molar-refractivity contribution in [2.75, 3.05) is 0 Å². The Morgan fingerprint density at radius 3 is 2.89 bits per heavy atom. The van der Waals surface area contributed by atoms with Crippen molar-refractivity contribution < 1.29 is 14.3 Å². The van der Waals surface area contributed by atoms with Gasteiger partial charge in [0.2, 0.25) is 0 Å². The maximum Gasteiger partial charge on any atom is 0.407 e. The molecule has 0 heterocycles. The van der Waals surface area contributed by atoms with E-state index in [1.807, 2.05) is 30.3 Å². The van der Waals surface area contributed by atoms with Crippen molar-refractivity contribution in [2.45, 2.75) is 31.9 Å². The topological polar surface area (TPSA) is 55.4 Å². The molecule has 1 aromatic carbocycles. The normalized spacial score (nSPS) is 18.7. The monoisotopic (exact) mass is 259 g/mol. The first-order chi connectivity index (χ1) is 9.24. The minimum Gasteiger partial charge on any atom is -0.445 e. The Balaban J connectivity index is 1.78. The van der Waals surface area contributed by atoms with E-state index in [0.29, 0.717) is 6.42 Å². The molecule has 0 spiro atoms. The van der Waals surface area contributed by atoms with Crippen LogP contribution in [-0.4, -0.2) is 17.9 Å². The molecule has 1 aliphatic carbocycles. The van der Waals surface area contributed by atoms with Gasteiger partial charge in [0.15, 0.2) is 5.78 Å². The Kier molecular flexibility index (Phi) is 4.72. The molecule has 100 valence electrons. The van der Waals surface area contributed by atoms with Crippen LogP contribution in [0.5, 0.6) is 0 Å². The minimum absolute atomic E-state index is 0.113. The molecule has 4 nitrogen and oxygen atoms in total. The largest absolute Gasteiger partial charge is 0.445 e. The van der Waals surface area contributed by atoms with Crippen LogP contribution in [-0.2, 0) is 16.1 Å². The molecule has 1 aliphatic rings. The van der Waals surface area contributed by atoms with Gasteiger partial charge in [-0.3, -0.25) is 4.79 Å². The maximum absolute atomic E-state index is 11.6. The highest BCUT2D eigenvalue weighted by molar-refractivity contribution is 5.90. The van der Waals surface area contributed by atoms with Gasteiger partial charge >= 0.3 is 6.09 Å². The zero-order valence-electron chi connectivity index (χ0n) is 10.7. The Labute approximate surface area is 112 Å². The first-order valence-corrected chi connectivity index (χ1v) is 6.42. The third-order valence-corrected chi connectivity index (χ3v) is 2.97. The van der Waals surface area contributed by atoms with Crippen LogP contribution in [0.15, 0.2) is 42.5 Å². The summed E-state index contributed by atoms with van der Waals surface area (Å²) in [7, 11) is 0. The summed E-state index contributed by atoms with van der Waals surface area (Å²) in [6, 6.07) is 9.40. The van der Waals surface area contributed by atoms with Crippen LogP contribution in [0.1, 0.15) is 24.8 Å². The fourth-order valence-electron chi connectivity index (χ4n) is 1.94. The maximum atomic E-state index is 11.6. The van der Waals surface area contributed by atoms with E-state index in [-0.39, 0.29) is 18.4 Å².